The van der Waals surface area contributed by atoms with Gasteiger partial charge in [-0.1, -0.05) is 181 Å². The van der Waals surface area contributed by atoms with Crippen LogP contribution in [0.25, 0.3) is 0 Å². The van der Waals surface area contributed by atoms with Crippen LogP contribution in [-0.4, -0.2) is 14.8 Å². The van der Waals surface area contributed by atoms with Crippen LogP contribution in [0.1, 0.15) is 52.7 Å². The molecule has 0 radical (unpaired) electrons. The zero-order chi connectivity index (χ0) is 41.7. The molecule has 0 atom stereocenters. The van der Waals surface area contributed by atoms with Crippen molar-refractivity contribution >= 4 is 86.0 Å². The lowest BCUT2D eigenvalue weighted by Crippen LogP contribution is -2.79. The second-order valence-electron chi connectivity index (χ2n) is 19.0. The molecular weight excluding hydrogens is 756 g/mol. The highest BCUT2D eigenvalue weighted by atomic mass is 28.3. The van der Waals surface area contributed by atoms with E-state index in [4.69, 9.17) is 4.74 Å². The lowest BCUT2D eigenvalue weighted by atomic mass is 9.33. The Balaban J connectivity index is 1.28. The molecule has 5 heteroatoms. The molecule has 3 nitrogen and oxygen atoms in total. The Morgan fingerprint density at radius 3 is 1.67 bits per heavy atom. The normalized spacial score (nSPS) is 14.4. The highest BCUT2D eigenvalue weighted by molar-refractivity contribution is 7.22. The summed E-state index contributed by atoms with van der Waals surface area (Å²) in [6.45, 7) is 13.9. The van der Waals surface area contributed by atoms with E-state index in [0.717, 1.165) is 28.6 Å². The summed E-state index contributed by atoms with van der Waals surface area (Å²) in [4.78, 5) is 5.13. The smallest absolute Gasteiger partial charge is 0.252 e. The van der Waals surface area contributed by atoms with Crippen LogP contribution in [0.5, 0.6) is 11.5 Å². The molecule has 0 saturated carbocycles. The van der Waals surface area contributed by atoms with E-state index >= 15 is 0 Å². The Bertz CT molecular complexity index is 2950. The molecule has 0 aliphatic carbocycles. The predicted octanol–water partition coefficient (Wildman–Crippen LogP) is 9.85. The lowest BCUT2D eigenvalue weighted by Gasteiger charge is -2.50. The lowest BCUT2D eigenvalue weighted by molar-refractivity contribution is 0.483. The van der Waals surface area contributed by atoms with Crippen LogP contribution >= 0.6 is 0 Å². The molecule has 0 fully saturated rings. The molecule has 0 bridgehead atoms. The summed E-state index contributed by atoms with van der Waals surface area (Å²) in [5, 5.41) is 5.58. The Labute approximate surface area is 362 Å². The van der Waals surface area contributed by atoms with E-state index in [9.17, 15) is 0 Å². The maximum atomic E-state index is 6.93. The minimum atomic E-state index is -2.86. The number of anilines is 6. The number of fused-ring (bicyclic) bond motifs is 6. The van der Waals surface area contributed by atoms with Crippen LogP contribution < -0.4 is 51.7 Å². The van der Waals surface area contributed by atoms with Crippen LogP contribution in [0.15, 0.2) is 188 Å². The number of hydrogen-bond donors (Lipinski definition) is 0. The van der Waals surface area contributed by atoms with Gasteiger partial charge in [0.2, 0.25) is 0 Å². The third-order valence-electron chi connectivity index (χ3n) is 13.2. The van der Waals surface area contributed by atoms with E-state index in [1.54, 1.807) is 0 Å². The van der Waals surface area contributed by atoms with Crippen LogP contribution in [-0.2, 0) is 10.8 Å². The van der Waals surface area contributed by atoms with Crippen molar-refractivity contribution < 1.29 is 4.74 Å². The van der Waals surface area contributed by atoms with E-state index in [2.05, 4.69) is 209 Å². The molecule has 0 aromatic heterocycles. The summed E-state index contributed by atoms with van der Waals surface area (Å²) in [7, 11) is -2.86. The fourth-order valence-electron chi connectivity index (χ4n) is 10.4. The van der Waals surface area contributed by atoms with Gasteiger partial charge in [0.25, 0.3) is 6.71 Å². The van der Waals surface area contributed by atoms with Crippen molar-refractivity contribution in [1.29, 1.82) is 0 Å². The fraction of sp³-hybridized carbons (Fsp3) is 0.143. The number of para-hydroxylation sites is 3. The van der Waals surface area contributed by atoms with Gasteiger partial charge in [0.15, 0.2) is 8.07 Å². The van der Waals surface area contributed by atoms with Crippen LogP contribution in [0, 0.1) is 0 Å². The monoisotopic (exact) mass is 804 g/mol. The average molecular weight is 805 g/mol. The minimum absolute atomic E-state index is 0.0171. The first kappa shape index (κ1) is 37.4. The van der Waals surface area contributed by atoms with Crippen molar-refractivity contribution in [2.24, 2.45) is 0 Å². The molecule has 0 unspecified atom stereocenters. The third-order valence-corrected chi connectivity index (χ3v) is 18.1. The topological polar surface area (TPSA) is 15.7 Å². The van der Waals surface area contributed by atoms with Gasteiger partial charge in [-0.2, -0.15) is 0 Å². The number of ether oxygens (including phenoxy) is 1. The van der Waals surface area contributed by atoms with Gasteiger partial charge < -0.3 is 14.5 Å². The summed E-state index contributed by atoms with van der Waals surface area (Å²) < 4.78 is 6.93. The van der Waals surface area contributed by atoms with Crippen LogP contribution in [0.3, 0.4) is 0 Å². The standard InChI is InChI=1S/C56H49BN2OSi/c1-55(2,3)38-20-18-21-40(34-38)58-48-35-39(56(4,5)6)32-33-45(48)57-46-28-19-31-52-54(46)59(50-37-42(36-49(58)53(50)57)60-41-22-10-7-11-23-41)47-29-16-17-30-51(47)61(52,43-24-12-8-13-25-43)44-26-14-9-15-27-44/h7-37H,1-6H3. The quantitative estimate of drug-likeness (QED) is 0.161. The Kier molecular flexibility index (Phi) is 8.43. The molecule has 11 rings (SSSR count). The molecule has 3 aliphatic heterocycles. The highest BCUT2D eigenvalue weighted by Gasteiger charge is 2.53. The summed E-state index contributed by atoms with van der Waals surface area (Å²) >= 11 is 0. The summed E-state index contributed by atoms with van der Waals surface area (Å²) in [5.74, 6) is 1.62. The molecule has 3 aliphatic rings. The SMILES string of the molecule is CC(C)(C)c1cccc(N2c3cc(C(C)(C)C)ccc3B3c4cccc5c4N(c4ccccc4[Si]5(c4ccccc4)c4ccccc4)c4cc(Oc5ccccc5)cc2c43)c1. The van der Waals surface area contributed by atoms with Gasteiger partial charge in [-0.3, -0.25) is 0 Å². The van der Waals surface area contributed by atoms with Gasteiger partial charge in [0.05, 0.1) is 0 Å². The first-order valence-corrected chi connectivity index (χ1v) is 23.6. The van der Waals surface area contributed by atoms with E-state index in [-0.39, 0.29) is 17.5 Å². The molecule has 0 amide bonds. The van der Waals surface area contributed by atoms with Gasteiger partial charge in [-0.25, -0.2) is 0 Å². The van der Waals surface area contributed by atoms with Gasteiger partial charge >= 0.3 is 0 Å². The molecule has 3 heterocycles. The van der Waals surface area contributed by atoms with E-state index in [1.807, 2.05) is 30.3 Å². The van der Waals surface area contributed by atoms with Gasteiger partial charge in [0, 0.05) is 46.3 Å². The summed E-state index contributed by atoms with van der Waals surface area (Å²) in [6, 6.07) is 70.4. The van der Waals surface area contributed by atoms with Crippen molar-refractivity contribution in [1.82, 2.24) is 0 Å². The zero-order valence-electron chi connectivity index (χ0n) is 35.8. The Morgan fingerprint density at radius 2 is 1.00 bits per heavy atom. The highest BCUT2D eigenvalue weighted by Crippen LogP contribution is 2.48. The first-order valence-electron chi connectivity index (χ1n) is 21.6. The van der Waals surface area contributed by atoms with Crippen LogP contribution in [0.4, 0.5) is 34.1 Å². The number of nitrogens with zero attached hydrogens (tertiary/aromatic N) is 2. The molecular formula is C56H49BN2OSi. The van der Waals surface area contributed by atoms with Crippen molar-refractivity contribution in [3.8, 4) is 11.5 Å². The fourth-order valence-corrected chi connectivity index (χ4v) is 15.5. The molecule has 61 heavy (non-hydrogen) atoms. The summed E-state index contributed by atoms with van der Waals surface area (Å²) in [5.41, 5.74) is 13.7. The van der Waals surface area contributed by atoms with Crippen LogP contribution in [0.2, 0.25) is 0 Å². The van der Waals surface area contributed by atoms with Crippen molar-refractivity contribution in [3.63, 3.8) is 0 Å². The second kappa shape index (κ2) is 13.7. The largest absolute Gasteiger partial charge is 0.457 e. The van der Waals surface area contributed by atoms with Gasteiger partial charge in [-0.15, -0.1) is 0 Å². The Hall–Kier alpha value is -6.56. The minimum Gasteiger partial charge on any atom is -0.457 e. The maximum absolute atomic E-state index is 6.93. The molecule has 0 saturated heterocycles. The second-order valence-corrected chi connectivity index (χ2v) is 22.7. The average Bonchev–Trinajstić information content (AvgIpc) is 3.27. The zero-order valence-corrected chi connectivity index (χ0v) is 36.8. The van der Waals surface area contributed by atoms with E-state index < -0.39 is 8.07 Å². The van der Waals surface area contributed by atoms with E-state index in [0.29, 0.717) is 0 Å². The number of benzene rings is 8. The Morgan fingerprint density at radius 1 is 0.426 bits per heavy atom. The summed E-state index contributed by atoms with van der Waals surface area (Å²) in [6.07, 6.45) is 0. The molecule has 8 aromatic carbocycles. The maximum Gasteiger partial charge on any atom is 0.252 e. The molecule has 8 aromatic rings. The number of rotatable bonds is 5. The van der Waals surface area contributed by atoms with Gasteiger partial charge in [-0.05, 0) is 95.5 Å². The van der Waals surface area contributed by atoms with E-state index in [1.165, 1.54) is 65.3 Å². The molecule has 0 spiro atoms. The first-order chi connectivity index (χ1) is 29.5. The van der Waals surface area contributed by atoms with Gasteiger partial charge in [0.1, 0.15) is 11.5 Å². The third kappa shape index (κ3) is 5.71. The molecule has 296 valence electrons. The predicted molar refractivity (Wildman–Crippen MR) is 262 cm³/mol. The molecule has 0 N–H and O–H groups in total. The number of hydrogen-bond acceptors (Lipinski definition) is 3. The van der Waals surface area contributed by atoms with Crippen molar-refractivity contribution in [2.45, 2.75) is 52.4 Å². The van der Waals surface area contributed by atoms with Crippen molar-refractivity contribution in [2.75, 3.05) is 9.80 Å². The van der Waals surface area contributed by atoms with Crippen molar-refractivity contribution in [3.05, 3.63) is 199 Å².